The average molecular weight is 325 g/mol. The fourth-order valence-electron chi connectivity index (χ4n) is 2.66. The SMILES string of the molecule is Cc1ccc(-c2cc(C(C)C)c3c(N)c(C(N)=O)sc3n2)cc1. The summed E-state index contributed by atoms with van der Waals surface area (Å²) in [5.74, 6) is -0.237. The molecule has 1 amide bonds. The van der Waals surface area contributed by atoms with E-state index in [9.17, 15) is 4.79 Å². The van der Waals surface area contributed by atoms with Gasteiger partial charge in [-0.3, -0.25) is 4.79 Å². The lowest BCUT2D eigenvalue weighted by Crippen LogP contribution is -2.10. The van der Waals surface area contributed by atoms with Crippen LogP contribution in [0.3, 0.4) is 0 Å². The molecule has 0 aliphatic rings. The average Bonchev–Trinajstić information content (AvgIpc) is 2.84. The van der Waals surface area contributed by atoms with Crippen LogP contribution in [0.1, 0.15) is 40.6 Å². The van der Waals surface area contributed by atoms with Gasteiger partial charge >= 0.3 is 0 Å². The molecule has 3 rings (SSSR count). The fraction of sp³-hybridized carbons (Fsp3) is 0.222. The number of hydrogen-bond donors (Lipinski definition) is 2. The molecule has 0 aliphatic carbocycles. The Balaban J connectivity index is 2.30. The van der Waals surface area contributed by atoms with Gasteiger partial charge < -0.3 is 11.5 Å². The second-order valence-corrected chi connectivity index (χ2v) is 7.01. The molecule has 0 bridgehead atoms. The van der Waals surface area contributed by atoms with Gasteiger partial charge in [-0.25, -0.2) is 4.98 Å². The Labute approximate surface area is 139 Å². The number of nitrogens with zero attached hydrogens (tertiary/aromatic N) is 1. The minimum Gasteiger partial charge on any atom is -0.397 e. The van der Waals surface area contributed by atoms with E-state index in [0.29, 0.717) is 10.6 Å². The van der Waals surface area contributed by atoms with Crippen molar-refractivity contribution in [1.29, 1.82) is 0 Å². The maximum atomic E-state index is 11.6. The summed E-state index contributed by atoms with van der Waals surface area (Å²) >= 11 is 1.26. The summed E-state index contributed by atoms with van der Waals surface area (Å²) in [7, 11) is 0. The Morgan fingerprint density at radius 2 is 1.87 bits per heavy atom. The van der Waals surface area contributed by atoms with Crippen molar-refractivity contribution in [3.05, 3.63) is 46.3 Å². The summed E-state index contributed by atoms with van der Waals surface area (Å²) in [6, 6.07) is 10.3. The van der Waals surface area contributed by atoms with Crippen molar-refractivity contribution in [1.82, 2.24) is 4.98 Å². The largest absolute Gasteiger partial charge is 0.397 e. The molecule has 23 heavy (non-hydrogen) atoms. The number of aromatic nitrogens is 1. The Hall–Kier alpha value is -2.40. The number of carbonyl (C=O) groups excluding carboxylic acids is 1. The molecule has 2 heterocycles. The van der Waals surface area contributed by atoms with Gasteiger partial charge in [0.05, 0.1) is 11.4 Å². The molecule has 0 spiro atoms. The molecule has 118 valence electrons. The lowest BCUT2D eigenvalue weighted by atomic mass is 9.97. The number of amides is 1. The molecular formula is C18H19N3OS. The zero-order valence-corrected chi connectivity index (χ0v) is 14.2. The molecule has 0 saturated heterocycles. The molecule has 2 aromatic heterocycles. The number of hydrogen-bond acceptors (Lipinski definition) is 4. The smallest absolute Gasteiger partial charge is 0.260 e. The van der Waals surface area contributed by atoms with E-state index in [2.05, 4.69) is 51.1 Å². The van der Waals surface area contributed by atoms with Crippen LogP contribution in [-0.4, -0.2) is 10.9 Å². The number of fused-ring (bicyclic) bond motifs is 1. The van der Waals surface area contributed by atoms with Gasteiger partial charge in [-0.2, -0.15) is 0 Å². The minimum absolute atomic E-state index is 0.266. The first kappa shape index (κ1) is 15.5. The van der Waals surface area contributed by atoms with Crippen molar-refractivity contribution in [3.63, 3.8) is 0 Å². The van der Waals surface area contributed by atoms with Crippen molar-refractivity contribution < 1.29 is 4.79 Å². The van der Waals surface area contributed by atoms with E-state index < -0.39 is 5.91 Å². The number of carbonyl (C=O) groups is 1. The van der Waals surface area contributed by atoms with Crippen molar-refractivity contribution >= 4 is 33.1 Å². The van der Waals surface area contributed by atoms with E-state index in [4.69, 9.17) is 16.5 Å². The molecule has 4 N–H and O–H groups in total. The van der Waals surface area contributed by atoms with Crippen LogP contribution >= 0.6 is 11.3 Å². The van der Waals surface area contributed by atoms with E-state index in [1.165, 1.54) is 16.9 Å². The van der Waals surface area contributed by atoms with Crippen LogP contribution in [0.5, 0.6) is 0 Å². The van der Waals surface area contributed by atoms with Crippen LogP contribution in [0.2, 0.25) is 0 Å². The quantitative estimate of drug-likeness (QED) is 0.761. The molecule has 3 aromatic rings. The monoisotopic (exact) mass is 325 g/mol. The lowest BCUT2D eigenvalue weighted by molar-refractivity contribution is 0.100. The number of primary amides is 1. The summed E-state index contributed by atoms with van der Waals surface area (Å²) in [5.41, 5.74) is 16.3. The van der Waals surface area contributed by atoms with Crippen LogP contribution in [0.4, 0.5) is 5.69 Å². The number of rotatable bonds is 3. The summed E-state index contributed by atoms with van der Waals surface area (Å²) in [6.45, 7) is 6.27. The number of pyridine rings is 1. The minimum atomic E-state index is -0.503. The first-order valence-electron chi connectivity index (χ1n) is 7.48. The van der Waals surface area contributed by atoms with Gasteiger partial charge in [0, 0.05) is 10.9 Å². The van der Waals surface area contributed by atoms with Crippen molar-refractivity contribution in [2.45, 2.75) is 26.7 Å². The van der Waals surface area contributed by atoms with E-state index >= 15 is 0 Å². The highest BCUT2D eigenvalue weighted by Crippen LogP contribution is 2.39. The summed E-state index contributed by atoms with van der Waals surface area (Å²) < 4.78 is 0. The number of thiophene rings is 1. The topological polar surface area (TPSA) is 82.0 Å². The first-order valence-corrected chi connectivity index (χ1v) is 8.30. The van der Waals surface area contributed by atoms with E-state index in [1.54, 1.807) is 0 Å². The molecule has 0 aliphatic heterocycles. The number of benzene rings is 1. The molecule has 0 fully saturated rings. The Bertz CT molecular complexity index is 895. The molecule has 0 unspecified atom stereocenters. The number of aryl methyl sites for hydroxylation is 1. The van der Waals surface area contributed by atoms with Gasteiger partial charge in [-0.15, -0.1) is 11.3 Å². The highest BCUT2D eigenvalue weighted by Gasteiger charge is 2.20. The third-order valence-electron chi connectivity index (χ3n) is 3.92. The lowest BCUT2D eigenvalue weighted by Gasteiger charge is -2.11. The second-order valence-electron chi connectivity index (χ2n) is 6.01. The van der Waals surface area contributed by atoms with Gasteiger partial charge in [-0.05, 0) is 24.5 Å². The highest BCUT2D eigenvalue weighted by molar-refractivity contribution is 7.21. The van der Waals surface area contributed by atoms with Crippen molar-refractivity contribution in [3.8, 4) is 11.3 Å². The standard InChI is InChI=1S/C18H19N3OS/c1-9(2)12-8-13(11-6-4-10(3)5-7-11)21-18-14(12)15(19)16(23-18)17(20)22/h4-9H,19H2,1-3H3,(H2,20,22). The van der Waals surface area contributed by atoms with Crippen LogP contribution in [-0.2, 0) is 0 Å². The predicted molar refractivity (Wildman–Crippen MR) is 96.8 cm³/mol. The van der Waals surface area contributed by atoms with E-state index in [1.807, 2.05) is 0 Å². The summed E-state index contributed by atoms with van der Waals surface area (Å²) in [5, 5.41) is 0.856. The van der Waals surface area contributed by atoms with Gasteiger partial charge in [0.25, 0.3) is 5.91 Å². The van der Waals surface area contributed by atoms with E-state index in [-0.39, 0.29) is 5.92 Å². The number of nitrogen functional groups attached to an aromatic ring is 1. The molecule has 0 saturated carbocycles. The van der Waals surface area contributed by atoms with Crippen LogP contribution in [0.25, 0.3) is 21.5 Å². The molecule has 5 heteroatoms. The summed E-state index contributed by atoms with van der Waals surface area (Å²) in [4.78, 5) is 17.4. The van der Waals surface area contributed by atoms with Crippen LogP contribution in [0.15, 0.2) is 30.3 Å². The molecular weight excluding hydrogens is 306 g/mol. The van der Waals surface area contributed by atoms with Gasteiger partial charge in [-0.1, -0.05) is 43.7 Å². The van der Waals surface area contributed by atoms with Crippen molar-refractivity contribution in [2.24, 2.45) is 5.73 Å². The Kier molecular flexibility index (Phi) is 3.82. The molecule has 0 radical (unpaired) electrons. The normalized spacial score (nSPS) is 11.3. The van der Waals surface area contributed by atoms with Gasteiger partial charge in [0.15, 0.2) is 0 Å². The number of nitrogens with two attached hydrogens (primary N) is 2. The Morgan fingerprint density at radius 3 is 2.43 bits per heavy atom. The fourth-order valence-corrected chi connectivity index (χ4v) is 3.64. The zero-order chi connectivity index (χ0) is 16.7. The van der Waals surface area contributed by atoms with Gasteiger partial charge in [0.2, 0.25) is 0 Å². The summed E-state index contributed by atoms with van der Waals surface area (Å²) in [6.07, 6.45) is 0. The maximum absolute atomic E-state index is 11.6. The van der Waals surface area contributed by atoms with Crippen molar-refractivity contribution in [2.75, 3.05) is 5.73 Å². The molecule has 0 atom stereocenters. The van der Waals surface area contributed by atoms with E-state index in [0.717, 1.165) is 27.0 Å². The third-order valence-corrected chi connectivity index (χ3v) is 5.04. The third kappa shape index (κ3) is 2.68. The molecule has 1 aromatic carbocycles. The highest BCUT2D eigenvalue weighted by atomic mass is 32.1. The molecule has 4 nitrogen and oxygen atoms in total. The number of anilines is 1. The van der Waals surface area contributed by atoms with Gasteiger partial charge in [0.1, 0.15) is 9.71 Å². The Morgan fingerprint density at radius 1 is 1.22 bits per heavy atom. The second kappa shape index (κ2) is 5.66. The van der Waals surface area contributed by atoms with Crippen LogP contribution in [0, 0.1) is 6.92 Å². The predicted octanol–water partition coefficient (Wildman–Crippen LogP) is 4.08. The maximum Gasteiger partial charge on any atom is 0.260 e. The van der Waals surface area contributed by atoms with Crippen LogP contribution < -0.4 is 11.5 Å². The zero-order valence-electron chi connectivity index (χ0n) is 13.4. The first-order chi connectivity index (χ1) is 10.9.